The third kappa shape index (κ3) is 5.45. The van der Waals surface area contributed by atoms with Crippen molar-refractivity contribution >= 4 is 22.9 Å². The van der Waals surface area contributed by atoms with E-state index in [-0.39, 0.29) is 40.5 Å². The van der Waals surface area contributed by atoms with E-state index in [1.54, 1.807) is 4.90 Å². The zero-order chi connectivity index (χ0) is 26.2. The minimum Gasteiger partial charge on any atom is -0.378 e. The molecule has 1 aliphatic carbocycles. The maximum absolute atomic E-state index is 14.9. The van der Waals surface area contributed by atoms with E-state index in [0.29, 0.717) is 45.2 Å². The van der Waals surface area contributed by atoms with E-state index in [2.05, 4.69) is 25.6 Å². The molecule has 1 saturated carbocycles. The summed E-state index contributed by atoms with van der Waals surface area (Å²) < 4.78 is 75.5. The number of urea groups is 1. The Hall–Kier alpha value is -3.48. The van der Waals surface area contributed by atoms with Crippen LogP contribution in [0.4, 0.5) is 32.6 Å². The zero-order valence-corrected chi connectivity index (χ0v) is 19.7. The largest absolute Gasteiger partial charge is 0.418 e. The Morgan fingerprint density at radius 3 is 2.65 bits per heavy atom. The summed E-state index contributed by atoms with van der Waals surface area (Å²) in [5.41, 5.74) is -1.68. The third-order valence-corrected chi connectivity index (χ3v) is 6.68. The maximum Gasteiger partial charge on any atom is 0.418 e. The highest BCUT2D eigenvalue weighted by molar-refractivity contribution is 5.93. The number of fused-ring (bicyclic) bond motifs is 1. The van der Waals surface area contributed by atoms with Crippen LogP contribution in [0.3, 0.4) is 0 Å². The van der Waals surface area contributed by atoms with Crippen molar-refractivity contribution in [3.8, 4) is 11.3 Å². The highest BCUT2D eigenvalue weighted by atomic mass is 19.4. The van der Waals surface area contributed by atoms with Crippen LogP contribution >= 0.6 is 0 Å². The van der Waals surface area contributed by atoms with Crippen molar-refractivity contribution in [1.29, 1.82) is 0 Å². The Labute approximate surface area is 208 Å². The number of pyridine rings is 2. The Morgan fingerprint density at radius 1 is 1.14 bits per heavy atom. The number of amides is 2. The molecule has 2 amide bonds. The number of halogens is 5. The van der Waals surface area contributed by atoms with Crippen LogP contribution in [-0.2, 0) is 10.9 Å². The number of aromatic amines is 1. The van der Waals surface area contributed by atoms with Crippen molar-refractivity contribution in [2.75, 3.05) is 31.6 Å². The Morgan fingerprint density at radius 2 is 1.89 bits per heavy atom. The van der Waals surface area contributed by atoms with Gasteiger partial charge in [-0.05, 0) is 37.8 Å². The topological polar surface area (TPSA) is 95.2 Å². The molecule has 37 heavy (non-hydrogen) atoms. The lowest BCUT2D eigenvalue weighted by Gasteiger charge is -2.33. The van der Waals surface area contributed by atoms with Gasteiger partial charge in [0.15, 0.2) is 11.6 Å². The second kappa shape index (κ2) is 10.1. The molecule has 3 aromatic heterocycles. The number of carbonyl (C=O) groups is 1. The molecule has 3 aromatic rings. The molecule has 2 atom stereocenters. The van der Waals surface area contributed by atoms with E-state index in [4.69, 9.17) is 4.74 Å². The van der Waals surface area contributed by atoms with Crippen LogP contribution in [0.25, 0.3) is 22.3 Å². The SMILES string of the molecule is O=C(NC1CCCC(Nc2nc(-c3c[nH]c4ncc(F)cc34)c(C(F)(F)F)cc2F)C1)N1CCOCC1. The number of alkyl halides is 3. The molecule has 3 N–H and O–H groups in total. The van der Waals surface area contributed by atoms with E-state index in [1.165, 1.54) is 6.20 Å². The molecule has 0 bridgehead atoms. The molecule has 2 unspecified atom stereocenters. The molecule has 5 rings (SSSR count). The summed E-state index contributed by atoms with van der Waals surface area (Å²) in [5.74, 6) is -2.22. The van der Waals surface area contributed by atoms with Crippen molar-refractivity contribution in [2.45, 2.75) is 43.9 Å². The van der Waals surface area contributed by atoms with Gasteiger partial charge in [0.2, 0.25) is 0 Å². The molecule has 0 spiro atoms. The van der Waals surface area contributed by atoms with Gasteiger partial charge in [0.05, 0.1) is 30.7 Å². The quantitative estimate of drug-likeness (QED) is 0.431. The van der Waals surface area contributed by atoms with Crippen LogP contribution in [0.2, 0.25) is 0 Å². The molecule has 198 valence electrons. The third-order valence-electron chi connectivity index (χ3n) is 6.68. The van der Waals surface area contributed by atoms with Gasteiger partial charge >= 0.3 is 12.2 Å². The maximum atomic E-state index is 14.9. The molecule has 8 nitrogen and oxygen atoms in total. The molecule has 13 heteroatoms. The van der Waals surface area contributed by atoms with Crippen molar-refractivity contribution in [1.82, 2.24) is 25.2 Å². The van der Waals surface area contributed by atoms with Gasteiger partial charge in [0.1, 0.15) is 11.5 Å². The minimum atomic E-state index is -4.90. The molecule has 0 radical (unpaired) electrons. The van der Waals surface area contributed by atoms with Gasteiger partial charge in [-0.1, -0.05) is 0 Å². The molecule has 1 saturated heterocycles. The number of anilines is 1. The van der Waals surface area contributed by atoms with Gasteiger partial charge in [-0.15, -0.1) is 0 Å². The van der Waals surface area contributed by atoms with Gasteiger partial charge in [-0.2, -0.15) is 13.2 Å². The first kappa shape index (κ1) is 25.2. The first-order valence-corrected chi connectivity index (χ1v) is 12.0. The summed E-state index contributed by atoms with van der Waals surface area (Å²) in [7, 11) is 0. The van der Waals surface area contributed by atoms with Gasteiger partial charge < -0.3 is 25.3 Å². The number of rotatable bonds is 4. The number of aromatic nitrogens is 3. The van der Waals surface area contributed by atoms with Crippen molar-refractivity contribution in [3.05, 3.63) is 41.7 Å². The summed E-state index contributed by atoms with van der Waals surface area (Å²) in [4.78, 5) is 24.8. The van der Waals surface area contributed by atoms with Crippen molar-refractivity contribution < 1.29 is 31.5 Å². The predicted molar refractivity (Wildman–Crippen MR) is 125 cm³/mol. The number of nitrogens with zero attached hydrogens (tertiary/aromatic N) is 3. The standard InChI is InChI=1S/C24H25F5N6O2/c25-13-8-16-17(12-31-21(16)30-11-13)20-18(24(27,28)29)10-19(26)22(34-20)32-14-2-1-3-15(9-14)33-23(36)35-4-6-37-7-5-35/h8,10-12,14-15H,1-7,9H2,(H,30,31)(H,32,34)(H,33,36). The van der Waals surface area contributed by atoms with Crippen LogP contribution in [0.15, 0.2) is 24.5 Å². The average Bonchev–Trinajstić information content (AvgIpc) is 3.28. The fourth-order valence-electron chi connectivity index (χ4n) is 4.86. The van der Waals surface area contributed by atoms with E-state index in [0.717, 1.165) is 25.1 Å². The number of hydrogen-bond donors (Lipinski definition) is 3. The van der Waals surface area contributed by atoms with Crippen LogP contribution in [-0.4, -0.2) is 64.3 Å². The molecule has 2 fully saturated rings. The number of H-pyrrole nitrogens is 1. The highest BCUT2D eigenvalue weighted by Gasteiger charge is 2.37. The van der Waals surface area contributed by atoms with Crippen LogP contribution in [0.1, 0.15) is 31.2 Å². The summed E-state index contributed by atoms with van der Waals surface area (Å²) in [6, 6.07) is 0.750. The second-order valence-electron chi connectivity index (χ2n) is 9.22. The molecular weight excluding hydrogens is 499 g/mol. The van der Waals surface area contributed by atoms with E-state index in [9.17, 15) is 26.7 Å². The molecule has 1 aliphatic heterocycles. The van der Waals surface area contributed by atoms with Crippen molar-refractivity contribution in [3.63, 3.8) is 0 Å². The fraction of sp³-hybridized carbons (Fsp3) is 0.458. The predicted octanol–water partition coefficient (Wildman–Crippen LogP) is 4.69. The number of ether oxygens (including phenoxy) is 1. The van der Waals surface area contributed by atoms with Crippen LogP contribution < -0.4 is 10.6 Å². The first-order valence-electron chi connectivity index (χ1n) is 12.0. The molecule has 0 aromatic carbocycles. The fourth-order valence-corrected chi connectivity index (χ4v) is 4.86. The minimum absolute atomic E-state index is 0.0447. The van der Waals surface area contributed by atoms with E-state index < -0.39 is 29.1 Å². The van der Waals surface area contributed by atoms with Gasteiger partial charge in [-0.3, -0.25) is 0 Å². The second-order valence-corrected chi connectivity index (χ2v) is 9.22. The molecule has 2 aliphatic rings. The summed E-state index contributed by atoms with van der Waals surface area (Å²) in [6.45, 7) is 1.94. The monoisotopic (exact) mass is 524 g/mol. The Balaban J connectivity index is 1.39. The van der Waals surface area contributed by atoms with Crippen LogP contribution in [0, 0.1) is 11.6 Å². The van der Waals surface area contributed by atoms with Crippen LogP contribution in [0.5, 0.6) is 0 Å². The summed E-state index contributed by atoms with van der Waals surface area (Å²) in [6.07, 6.45) is -0.167. The average molecular weight is 524 g/mol. The lowest BCUT2D eigenvalue weighted by Crippen LogP contribution is -2.51. The van der Waals surface area contributed by atoms with E-state index >= 15 is 0 Å². The smallest absolute Gasteiger partial charge is 0.378 e. The normalized spacial score (nSPS) is 20.7. The number of carbonyl (C=O) groups excluding carboxylic acids is 1. The van der Waals surface area contributed by atoms with E-state index in [1.807, 2.05) is 0 Å². The Bertz CT molecular complexity index is 1290. The molecule has 4 heterocycles. The first-order chi connectivity index (χ1) is 17.7. The lowest BCUT2D eigenvalue weighted by molar-refractivity contribution is -0.137. The number of nitrogens with one attached hydrogen (secondary N) is 3. The highest BCUT2D eigenvalue weighted by Crippen LogP contribution is 2.40. The molecular formula is C24H25F5N6O2. The number of hydrogen-bond acceptors (Lipinski definition) is 5. The summed E-state index contributed by atoms with van der Waals surface area (Å²) >= 11 is 0. The van der Waals surface area contributed by atoms with Crippen molar-refractivity contribution in [2.24, 2.45) is 0 Å². The van der Waals surface area contributed by atoms with Gasteiger partial charge in [0.25, 0.3) is 0 Å². The van der Waals surface area contributed by atoms with Gasteiger partial charge in [0, 0.05) is 42.3 Å². The lowest BCUT2D eigenvalue weighted by atomic mass is 9.91. The summed E-state index contributed by atoms with van der Waals surface area (Å²) in [5, 5.41) is 6.02. The van der Waals surface area contributed by atoms with Gasteiger partial charge in [-0.25, -0.2) is 23.5 Å². The number of morpholine rings is 1. The zero-order valence-electron chi connectivity index (χ0n) is 19.7. The Kier molecular flexibility index (Phi) is 6.88.